The lowest BCUT2D eigenvalue weighted by Crippen LogP contribution is -2.27. The van der Waals surface area contributed by atoms with Crippen molar-refractivity contribution < 1.29 is 19.1 Å². The Morgan fingerprint density at radius 1 is 1.20 bits per heavy atom. The average Bonchev–Trinajstić information content (AvgIpc) is 2.29. The van der Waals surface area contributed by atoms with Gasteiger partial charge in [0.15, 0.2) is 0 Å². The highest BCUT2D eigenvalue weighted by Crippen LogP contribution is 2.17. The van der Waals surface area contributed by atoms with E-state index in [4.69, 9.17) is 9.47 Å². The molecule has 1 amide bonds. The van der Waals surface area contributed by atoms with Gasteiger partial charge in [0.05, 0.1) is 6.42 Å². The fraction of sp³-hybridized carbons (Fsp3) is 0.429. The third-order valence-electron chi connectivity index (χ3n) is 2.05. The van der Waals surface area contributed by atoms with Crippen LogP contribution < -0.4 is 10.1 Å². The van der Waals surface area contributed by atoms with Crippen LogP contribution in [0, 0.1) is 0 Å². The molecule has 0 spiro atoms. The van der Waals surface area contributed by atoms with E-state index in [2.05, 4.69) is 17.9 Å². The fourth-order valence-electron chi connectivity index (χ4n) is 1.30. The van der Waals surface area contributed by atoms with Gasteiger partial charge in [-0.15, -0.1) is 0 Å². The summed E-state index contributed by atoms with van der Waals surface area (Å²) in [6, 6.07) is 6.46. The lowest BCUT2D eigenvalue weighted by atomic mass is 10.2. The first-order valence-electron chi connectivity index (χ1n) is 6.22. The van der Waals surface area contributed by atoms with E-state index in [0.29, 0.717) is 17.2 Å². The summed E-state index contributed by atoms with van der Waals surface area (Å²) in [4.78, 5) is 22.8. The summed E-state index contributed by atoms with van der Waals surface area (Å²) in [5.41, 5.74) is 0.0140. The van der Waals surface area contributed by atoms with Crippen LogP contribution in [-0.2, 0) is 9.53 Å². The number of benzene rings is 1. The molecule has 0 unspecified atom stereocenters. The first kappa shape index (κ1) is 16.4. The highest BCUT2D eigenvalue weighted by atomic mass is 32.1. The van der Waals surface area contributed by atoms with Crippen molar-refractivity contribution in [2.24, 2.45) is 0 Å². The Morgan fingerprint density at radius 3 is 2.30 bits per heavy atom. The van der Waals surface area contributed by atoms with E-state index in [1.807, 2.05) is 0 Å². The molecule has 5 nitrogen and oxygen atoms in total. The average molecular weight is 297 g/mol. The molecule has 0 radical (unpaired) electrons. The van der Waals surface area contributed by atoms with Gasteiger partial charge in [0.25, 0.3) is 0 Å². The minimum Gasteiger partial charge on any atom is -0.444 e. The number of hydrogen-bond donors (Lipinski definition) is 2. The molecule has 1 N–H and O–H groups in total. The van der Waals surface area contributed by atoms with Crippen LogP contribution in [0.5, 0.6) is 5.75 Å². The van der Waals surface area contributed by atoms with E-state index in [-0.39, 0.29) is 12.4 Å². The summed E-state index contributed by atoms with van der Waals surface area (Å²) in [7, 11) is 0. The Bertz CT molecular complexity index is 465. The standard InChI is InChI=1S/C14H19NO4S/c1-14(2,3)19-13(17)15-10-4-6-11(7-5-10)18-12(16)8-9-20/h4-7,20H,8-9H2,1-3H3,(H,15,17). The molecule has 6 heteroatoms. The van der Waals surface area contributed by atoms with Crippen molar-refractivity contribution in [1.29, 1.82) is 0 Å². The molecule has 0 aliphatic carbocycles. The summed E-state index contributed by atoms with van der Waals surface area (Å²) in [6.45, 7) is 5.36. The van der Waals surface area contributed by atoms with Crippen LogP contribution in [0.25, 0.3) is 0 Å². The smallest absolute Gasteiger partial charge is 0.412 e. The van der Waals surface area contributed by atoms with Crippen molar-refractivity contribution in [3.8, 4) is 5.75 Å². The topological polar surface area (TPSA) is 64.6 Å². The minimum absolute atomic E-state index is 0.251. The predicted octanol–water partition coefficient (Wildman–Crippen LogP) is 3.26. The number of carbonyl (C=O) groups excluding carboxylic acids is 2. The van der Waals surface area contributed by atoms with Crippen molar-refractivity contribution in [1.82, 2.24) is 0 Å². The van der Waals surface area contributed by atoms with E-state index in [1.54, 1.807) is 45.0 Å². The molecule has 0 aliphatic heterocycles. The summed E-state index contributed by atoms with van der Waals surface area (Å²) >= 11 is 3.95. The first-order chi connectivity index (χ1) is 9.30. The number of thiol groups is 1. The van der Waals surface area contributed by atoms with Crippen molar-refractivity contribution >= 4 is 30.4 Å². The molecule has 20 heavy (non-hydrogen) atoms. The Labute approximate surface area is 124 Å². The molecule has 0 saturated carbocycles. The second kappa shape index (κ2) is 7.19. The largest absolute Gasteiger partial charge is 0.444 e. The molecular weight excluding hydrogens is 278 g/mol. The summed E-state index contributed by atoms with van der Waals surface area (Å²) in [5.74, 6) is 0.524. The Hall–Kier alpha value is -1.69. The SMILES string of the molecule is CC(C)(C)OC(=O)Nc1ccc(OC(=O)CCS)cc1. The van der Waals surface area contributed by atoms with Crippen molar-refractivity contribution in [2.45, 2.75) is 32.8 Å². The van der Waals surface area contributed by atoms with E-state index in [9.17, 15) is 9.59 Å². The molecule has 0 saturated heterocycles. The lowest BCUT2D eigenvalue weighted by molar-refractivity contribution is -0.133. The molecule has 0 aliphatic rings. The number of esters is 1. The molecule has 0 bridgehead atoms. The number of amides is 1. The molecule has 0 atom stereocenters. The van der Waals surface area contributed by atoms with Gasteiger partial charge in [0.1, 0.15) is 11.4 Å². The summed E-state index contributed by atoms with van der Waals surface area (Å²) in [6.07, 6.45) is -0.279. The van der Waals surface area contributed by atoms with Gasteiger partial charge >= 0.3 is 12.1 Å². The molecule has 1 aromatic carbocycles. The van der Waals surface area contributed by atoms with E-state index < -0.39 is 11.7 Å². The van der Waals surface area contributed by atoms with E-state index >= 15 is 0 Å². The van der Waals surface area contributed by atoms with Crippen LogP contribution in [0.15, 0.2) is 24.3 Å². The molecule has 1 aromatic rings. The monoisotopic (exact) mass is 297 g/mol. The van der Waals surface area contributed by atoms with Crippen LogP contribution in [0.2, 0.25) is 0 Å². The van der Waals surface area contributed by atoms with Gasteiger partial charge in [-0.05, 0) is 45.0 Å². The van der Waals surface area contributed by atoms with Gasteiger partial charge < -0.3 is 9.47 Å². The van der Waals surface area contributed by atoms with Crippen molar-refractivity contribution in [3.05, 3.63) is 24.3 Å². The Balaban J connectivity index is 2.54. The number of ether oxygens (including phenoxy) is 2. The lowest BCUT2D eigenvalue weighted by Gasteiger charge is -2.19. The van der Waals surface area contributed by atoms with Gasteiger partial charge in [0.2, 0.25) is 0 Å². The summed E-state index contributed by atoms with van der Waals surface area (Å²) in [5, 5.41) is 2.59. The number of rotatable bonds is 4. The molecular formula is C14H19NO4S. The minimum atomic E-state index is -0.549. The van der Waals surface area contributed by atoms with Gasteiger partial charge in [-0.3, -0.25) is 10.1 Å². The third kappa shape index (κ3) is 6.47. The zero-order valence-corrected chi connectivity index (χ0v) is 12.7. The summed E-state index contributed by atoms with van der Waals surface area (Å²) < 4.78 is 10.2. The molecule has 1 rings (SSSR count). The predicted molar refractivity (Wildman–Crippen MR) is 80.4 cm³/mol. The van der Waals surface area contributed by atoms with E-state index in [0.717, 1.165) is 0 Å². The highest BCUT2D eigenvalue weighted by molar-refractivity contribution is 7.80. The van der Waals surface area contributed by atoms with Crippen LogP contribution in [0.1, 0.15) is 27.2 Å². The fourth-order valence-corrected chi connectivity index (χ4v) is 1.48. The number of nitrogens with one attached hydrogen (secondary N) is 1. The number of hydrogen-bond acceptors (Lipinski definition) is 5. The van der Waals surface area contributed by atoms with Gasteiger partial charge in [-0.2, -0.15) is 12.6 Å². The van der Waals surface area contributed by atoms with Crippen LogP contribution >= 0.6 is 12.6 Å². The van der Waals surface area contributed by atoms with Gasteiger partial charge in [-0.1, -0.05) is 0 Å². The number of carbonyl (C=O) groups is 2. The molecule has 0 fully saturated rings. The third-order valence-corrected chi connectivity index (χ3v) is 2.27. The van der Waals surface area contributed by atoms with Crippen LogP contribution in [0.4, 0.5) is 10.5 Å². The molecule has 110 valence electrons. The zero-order chi connectivity index (χ0) is 15.2. The van der Waals surface area contributed by atoms with Gasteiger partial charge in [0, 0.05) is 11.4 Å². The maximum atomic E-state index is 11.5. The maximum absolute atomic E-state index is 11.5. The quantitative estimate of drug-likeness (QED) is 0.508. The normalized spacial score (nSPS) is 10.8. The molecule has 0 heterocycles. The second-order valence-corrected chi connectivity index (χ2v) is 5.55. The first-order valence-corrected chi connectivity index (χ1v) is 6.85. The van der Waals surface area contributed by atoms with E-state index in [1.165, 1.54) is 0 Å². The number of anilines is 1. The van der Waals surface area contributed by atoms with Gasteiger partial charge in [-0.25, -0.2) is 4.79 Å². The highest BCUT2D eigenvalue weighted by Gasteiger charge is 2.16. The van der Waals surface area contributed by atoms with Crippen LogP contribution in [-0.4, -0.2) is 23.4 Å². The van der Waals surface area contributed by atoms with Crippen molar-refractivity contribution in [2.75, 3.05) is 11.1 Å². The Morgan fingerprint density at radius 2 is 1.80 bits per heavy atom. The van der Waals surface area contributed by atoms with Crippen molar-refractivity contribution in [3.63, 3.8) is 0 Å². The zero-order valence-electron chi connectivity index (χ0n) is 11.8. The maximum Gasteiger partial charge on any atom is 0.412 e. The van der Waals surface area contributed by atoms with Crippen LogP contribution in [0.3, 0.4) is 0 Å². The Kier molecular flexibility index (Phi) is 5.88. The molecule has 0 aromatic heterocycles. The second-order valence-electron chi connectivity index (χ2n) is 5.10.